The molecule has 120 valence electrons. The van der Waals surface area contributed by atoms with Crippen molar-refractivity contribution in [3.05, 3.63) is 46.0 Å². The van der Waals surface area contributed by atoms with Crippen molar-refractivity contribution >= 4 is 45.9 Å². The van der Waals surface area contributed by atoms with E-state index in [9.17, 15) is 4.79 Å². The third kappa shape index (κ3) is 3.44. The summed E-state index contributed by atoms with van der Waals surface area (Å²) in [6, 6.07) is 8.02. The predicted molar refractivity (Wildman–Crippen MR) is 101 cm³/mol. The molecule has 4 rings (SSSR count). The monoisotopic (exact) mass is 362 g/mol. The summed E-state index contributed by atoms with van der Waals surface area (Å²) < 4.78 is 0.526. The van der Waals surface area contributed by atoms with E-state index in [1.54, 1.807) is 11.3 Å². The fraction of sp³-hybridized carbons (Fsp3) is 0.412. The van der Waals surface area contributed by atoms with Crippen molar-refractivity contribution in [2.75, 3.05) is 16.8 Å². The Morgan fingerprint density at radius 2 is 1.83 bits per heavy atom. The van der Waals surface area contributed by atoms with Crippen molar-refractivity contribution in [2.45, 2.75) is 30.3 Å². The van der Waals surface area contributed by atoms with E-state index in [4.69, 9.17) is 0 Å². The van der Waals surface area contributed by atoms with Crippen LogP contribution >= 0.6 is 34.9 Å². The molecule has 1 amide bonds. The van der Waals surface area contributed by atoms with Gasteiger partial charge in [-0.15, -0.1) is 34.9 Å². The molecular weight excluding hydrogens is 344 g/mol. The Morgan fingerprint density at radius 3 is 2.57 bits per heavy atom. The van der Waals surface area contributed by atoms with Crippen LogP contribution in [0.5, 0.6) is 0 Å². The minimum atomic E-state index is -0.0608. The van der Waals surface area contributed by atoms with Crippen molar-refractivity contribution in [3.8, 4) is 0 Å². The highest BCUT2D eigenvalue weighted by Gasteiger charge is 2.19. The number of anilines is 1. The van der Waals surface area contributed by atoms with E-state index in [0.29, 0.717) is 10.1 Å². The summed E-state index contributed by atoms with van der Waals surface area (Å²) in [5.41, 5.74) is 3.19. The van der Waals surface area contributed by atoms with Crippen LogP contribution in [0.1, 0.15) is 43.9 Å². The molecule has 1 saturated heterocycles. The molecule has 1 N–H and O–H groups in total. The summed E-state index contributed by atoms with van der Waals surface area (Å²) in [6.45, 7) is 0. The van der Waals surface area contributed by atoms with Gasteiger partial charge in [-0.2, -0.15) is 0 Å². The molecule has 0 saturated carbocycles. The van der Waals surface area contributed by atoms with Gasteiger partial charge in [0.2, 0.25) is 0 Å². The van der Waals surface area contributed by atoms with Gasteiger partial charge in [-0.3, -0.25) is 10.1 Å². The lowest BCUT2D eigenvalue weighted by atomic mass is 10.0. The lowest BCUT2D eigenvalue weighted by molar-refractivity contribution is 0.102. The number of nitrogens with one attached hydrogen (secondary N) is 1. The maximum Gasteiger partial charge on any atom is 0.257 e. The van der Waals surface area contributed by atoms with Gasteiger partial charge in [-0.05, 0) is 43.4 Å². The molecule has 0 bridgehead atoms. The molecule has 2 aliphatic rings. The average molecular weight is 363 g/mol. The number of thiazole rings is 1. The van der Waals surface area contributed by atoms with E-state index >= 15 is 0 Å². The lowest BCUT2D eigenvalue weighted by Crippen LogP contribution is -2.11. The summed E-state index contributed by atoms with van der Waals surface area (Å²) in [5.74, 6) is 2.37. The standard InChI is InChI=1S/C17H18N2OS3/c20-15(19-17-18-13-3-1-2-4-14(13)23-17)11-5-7-12(8-6-11)16-21-9-10-22-16/h5-8,16H,1-4,9-10H2,(H,18,19,20). The normalized spacial score (nSPS) is 17.9. The van der Waals surface area contributed by atoms with Gasteiger partial charge in [0, 0.05) is 21.9 Å². The Morgan fingerprint density at radius 1 is 1.09 bits per heavy atom. The molecule has 1 aliphatic carbocycles. The number of amides is 1. The van der Waals surface area contributed by atoms with Gasteiger partial charge in [0.25, 0.3) is 5.91 Å². The Bertz CT molecular complexity index is 682. The Labute approximate surface area is 148 Å². The third-order valence-corrected chi connectivity index (χ3v) is 8.31. The van der Waals surface area contributed by atoms with E-state index in [0.717, 1.165) is 18.0 Å². The first kappa shape index (κ1) is 15.5. The van der Waals surface area contributed by atoms with Crippen LogP contribution in [0.4, 0.5) is 5.13 Å². The minimum absolute atomic E-state index is 0.0608. The number of hydrogen-bond donors (Lipinski definition) is 1. The summed E-state index contributed by atoms with van der Waals surface area (Å²) >= 11 is 5.60. The van der Waals surface area contributed by atoms with Crippen LogP contribution in [-0.2, 0) is 12.8 Å². The van der Waals surface area contributed by atoms with Gasteiger partial charge < -0.3 is 0 Å². The number of nitrogens with zero attached hydrogens (tertiary/aromatic N) is 1. The number of aryl methyl sites for hydroxylation is 2. The van der Waals surface area contributed by atoms with Crippen LogP contribution in [0.15, 0.2) is 24.3 Å². The number of aromatic nitrogens is 1. The highest BCUT2D eigenvalue weighted by atomic mass is 32.2. The molecule has 0 radical (unpaired) electrons. The van der Waals surface area contributed by atoms with E-state index in [-0.39, 0.29) is 5.91 Å². The Hall–Kier alpha value is -0.980. The smallest absolute Gasteiger partial charge is 0.257 e. The number of carbonyl (C=O) groups is 1. The van der Waals surface area contributed by atoms with Crippen LogP contribution < -0.4 is 5.32 Å². The summed E-state index contributed by atoms with van der Waals surface area (Å²) in [5, 5.41) is 3.71. The lowest BCUT2D eigenvalue weighted by Gasteiger charge is -2.09. The minimum Gasteiger partial charge on any atom is -0.298 e. The first-order valence-corrected chi connectivity index (χ1v) is 10.8. The molecule has 6 heteroatoms. The summed E-state index contributed by atoms with van der Waals surface area (Å²) in [7, 11) is 0. The fourth-order valence-electron chi connectivity index (χ4n) is 2.92. The second kappa shape index (κ2) is 6.87. The predicted octanol–water partition coefficient (Wildman–Crippen LogP) is 4.75. The van der Waals surface area contributed by atoms with Gasteiger partial charge >= 0.3 is 0 Å². The summed E-state index contributed by atoms with van der Waals surface area (Å²) in [4.78, 5) is 18.3. The molecule has 1 aromatic carbocycles. The van der Waals surface area contributed by atoms with E-state index in [1.165, 1.54) is 40.5 Å². The van der Waals surface area contributed by atoms with Crippen LogP contribution in [0.2, 0.25) is 0 Å². The number of thioether (sulfide) groups is 2. The maximum absolute atomic E-state index is 12.4. The number of carbonyl (C=O) groups excluding carboxylic acids is 1. The largest absolute Gasteiger partial charge is 0.298 e. The van der Waals surface area contributed by atoms with Gasteiger partial charge in [-0.1, -0.05) is 12.1 Å². The molecular formula is C17H18N2OS3. The first-order chi connectivity index (χ1) is 11.3. The highest BCUT2D eigenvalue weighted by Crippen LogP contribution is 2.45. The van der Waals surface area contributed by atoms with Gasteiger partial charge in [0.15, 0.2) is 5.13 Å². The SMILES string of the molecule is O=C(Nc1nc2c(s1)CCCC2)c1ccc(C2SCCS2)cc1. The molecule has 2 aromatic rings. The number of hydrogen-bond acceptors (Lipinski definition) is 5. The zero-order chi connectivity index (χ0) is 15.6. The summed E-state index contributed by atoms with van der Waals surface area (Å²) in [6.07, 6.45) is 4.60. The van der Waals surface area contributed by atoms with Crippen LogP contribution in [0.25, 0.3) is 0 Å². The maximum atomic E-state index is 12.4. The molecule has 0 unspecified atom stereocenters. The van der Waals surface area contributed by atoms with Crippen molar-refractivity contribution < 1.29 is 4.79 Å². The van der Waals surface area contributed by atoms with Gasteiger partial charge in [-0.25, -0.2) is 4.98 Å². The molecule has 23 heavy (non-hydrogen) atoms. The highest BCUT2D eigenvalue weighted by molar-refractivity contribution is 8.19. The second-order valence-corrected chi connectivity index (χ2v) is 9.55. The van der Waals surface area contributed by atoms with Crippen LogP contribution in [0.3, 0.4) is 0 Å². The molecule has 2 heterocycles. The average Bonchev–Trinajstić information content (AvgIpc) is 3.24. The molecule has 0 atom stereocenters. The Balaban J connectivity index is 1.45. The fourth-order valence-corrected chi connectivity index (χ4v) is 6.82. The van der Waals surface area contributed by atoms with Crippen LogP contribution in [-0.4, -0.2) is 22.4 Å². The molecule has 1 fully saturated rings. The van der Waals surface area contributed by atoms with Crippen molar-refractivity contribution in [2.24, 2.45) is 0 Å². The van der Waals surface area contributed by atoms with Crippen molar-refractivity contribution in [3.63, 3.8) is 0 Å². The van der Waals surface area contributed by atoms with E-state index in [1.807, 2.05) is 35.7 Å². The first-order valence-electron chi connectivity index (χ1n) is 7.93. The van der Waals surface area contributed by atoms with E-state index < -0.39 is 0 Å². The molecule has 0 spiro atoms. The number of fused-ring (bicyclic) bond motifs is 1. The number of benzene rings is 1. The zero-order valence-corrected chi connectivity index (χ0v) is 15.2. The second-order valence-electron chi connectivity index (χ2n) is 5.75. The topological polar surface area (TPSA) is 42.0 Å². The number of rotatable bonds is 3. The van der Waals surface area contributed by atoms with E-state index in [2.05, 4.69) is 22.4 Å². The molecule has 1 aromatic heterocycles. The third-order valence-electron chi connectivity index (χ3n) is 4.13. The quantitative estimate of drug-likeness (QED) is 0.855. The van der Waals surface area contributed by atoms with Crippen molar-refractivity contribution in [1.29, 1.82) is 0 Å². The Kier molecular flexibility index (Phi) is 4.64. The van der Waals surface area contributed by atoms with Gasteiger partial charge in [0.05, 0.1) is 10.3 Å². The van der Waals surface area contributed by atoms with Gasteiger partial charge in [0.1, 0.15) is 0 Å². The molecule has 3 nitrogen and oxygen atoms in total. The van der Waals surface area contributed by atoms with Crippen molar-refractivity contribution in [1.82, 2.24) is 4.98 Å². The molecule has 1 aliphatic heterocycles. The van der Waals surface area contributed by atoms with Crippen LogP contribution in [0, 0.1) is 0 Å². The zero-order valence-electron chi connectivity index (χ0n) is 12.7.